The fraction of sp³-hybridized carbons (Fsp3) is 0.250. The number of methoxy groups -OCH3 is 3. The lowest BCUT2D eigenvalue weighted by Crippen LogP contribution is -2.17. The third kappa shape index (κ3) is 5.42. The summed E-state index contributed by atoms with van der Waals surface area (Å²) in [4.78, 5) is 12.3. The number of ether oxygens (including phenoxy) is 3. The lowest BCUT2D eigenvalue weighted by Gasteiger charge is -2.13. The molecule has 9 nitrogen and oxygen atoms in total. The molecule has 3 aromatic rings. The van der Waals surface area contributed by atoms with Gasteiger partial charge >= 0.3 is 6.18 Å². The highest BCUT2D eigenvalue weighted by Gasteiger charge is 2.31. The number of nitrogens with one attached hydrogen (secondary N) is 1. The number of amides is 1. The minimum absolute atomic E-state index is 0.0296. The van der Waals surface area contributed by atoms with Crippen molar-refractivity contribution in [2.24, 2.45) is 0 Å². The second-order valence-electron chi connectivity index (χ2n) is 6.62. The number of anilines is 1. The van der Waals surface area contributed by atoms with Crippen LogP contribution in [0.2, 0.25) is 5.02 Å². The van der Waals surface area contributed by atoms with Crippen molar-refractivity contribution in [3.8, 4) is 28.6 Å². The van der Waals surface area contributed by atoms with Crippen molar-refractivity contribution in [1.82, 2.24) is 14.9 Å². The highest BCUT2D eigenvalue weighted by Crippen LogP contribution is 2.41. The number of aromatic nitrogens is 3. The van der Waals surface area contributed by atoms with E-state index in [2.05, 4.69) is 15.5 Å². The normalized spacial score (nSPS) is 11.3. The van der Waals surface area contributed by atoms with Gasteiger partial charge in [-0.15, -0.1) is 10.2 Å². The second-order valence-corrected chi connectivity index (χ2v) is 7.97. The Morgan fingerprint density at radius 1 is 1.12 bits per heavy atom. The van der Waals surface area contributed by atoms with Crippen molar-refractivity contribution in [1.29, 1.82) is 0 Å². The first-order chi connectivity index (χ1) is 16.1. The van der Waals surface area contributed by atoms with Crippen molar-refractivity contribution in [3.63, 3.8) is 0 Å². The van der Waals surface area contributed by atoms with E-state index in [0.29, 0.717) is 22.8 Å². The third-order valence-electron chi connectivity index (χ3n) is 4.49. The molecule has 0 atom stereocenters. The molecule has 3 rings (SSSR count). The van der Waals surface area contributed by atoms with Crippen LogP contribution in [-0.4, -0.2) is 47.9 Å². The summed E-state index contributed by atoms with van der Waals surface area (Å²) in [6.45, 7) is 0. The number of hydrogen-bond acceptors (Lipinski definition) is 8. The van der Waals surface area contributed by atoms with Gasteiger partial charge in [0.1, 0.15) is 0 Å². The van der Waals surface area contributed by atoms with Crippen molar-refractivity contribution in [2.45, 2.75) is 11.3 Å². The van der Waals surface area contributed by atoms with Crippen LogP contribution >= 0.6 is 23.4 Å². The van der Waals surface area contributed by atoms with E-state index in [9.17, 15) is 18.0 Å². The molecule has 0 radical (unpaired) electrons. The highest BCUT2D eigenvalue weighted by molar-refractivity contribution is 7.99. The number of carbonyl (C=O) groups excluding carboxylic acids is 1. The van der Waals surface area contributed by atoms with Crippen LogP contribution in [0.15, 0.2) is 35.5 Å². The van der Waals surface area contributed by atoms with E-state index in [1.54, 1.807) is 12.1 Å². The summed E-state index contributed by atoms with van der Waals surface area (Å²) >= 11 is 6.84. The molecule has 3 N–H and O–H groups in total. The van der Waals surface area contributed by atoms with Gasteiger partial charge in [0.2, 0.25) is 16.8 Å². The van der Waals surface area contributed by atoms with Gasteiger partial charge in [-0.05, 0) is 30.3 Å². The smallest absolute Gasteiger partial charge is 0.416 e. The lowest BCUT2D eigenvalue weighted by atomic mass is 10.1. The minimum Gasteiger partial charge on any atom is -0.493 e. The average Bonchev–Trinajstić information content (AvgIpc) is 3.17. The summed E-state index contributed by atoms with van der Waals surface area (Å²) in [6, 6.07) is 5.91. The largest absolute Gasteiger partial charge is 0.493 e. The van der Waals surface area contributed by atoms with Crippen LogP contribution in [0, 0.1) is 0 Å². The first-order valence-electron chi connectivity index (χ1n) is 9.39. The Kier molecular flexibility index (Phi) is 7.67. The zero-order valence-electron chi connectivity index (χ0n) is 18.1. The van der Waals surface area contributed by atoms with Crippen molar-refractivity contribution >= 4 is 35.0 Å². The molecule has 0 aliphatic rings. The summed E-state index contributed by atoms with van der Waals surface area (Å²) < 4.78 is 55.8. The molecule has 0 aliphatic carbocycles. The van der Waals surface area contributed by atoms with Gasteiger partial charge in [-0.25, -0.2) is 4.68 Å². The number of carbonyl (C=O) groups is 1. The van der Waals surface area contributed by atoms with Crippen LogP contribution < -0.4 is 25.4 Å². The molecule has 0 saturated carbocycles. The third-order valence-corrected chi connectivity index (χ3v) is 5.76. The van der Waals surface area contributed by atoms with Crippen LogP contribution in [0.5, 0.6) is 17.2 Å². The van der Waals surface area contributed by atoms with Crippen LogP contribution in [0.25, 0.3) is 11.4 Å². The molecule has 0 spiro atoms. The van der Waals surface area contributed by atoms with E-state index in [0.717, 1.165) is 34.6 Å². The number of nitrogen functional groups attached to an aromatic ring is 1. The summed E-state index contributed by atoms with van der Waals surface area (Å²) in [5.74, 6) is 6.68. The van der Waals surface area contributed by atoms with Crippen LogP contribution in [0.4, 0.5) is 18.9 Å². The molecule has 0 fully saturated rings. The van der Waals surface area contributed by atoms with Gasteiger partial charge < -0.3 is 25.4 Å². The Morgan fingerprint density at radius 2 is 1.76 bits per heavy atom. The standard InChI is InChI=1S/C20H19ClF3N5O4S/c1-31-14-6-10(7-15(32-2)17(14)33-3)18-27-28-19(29(18)25)34-9-16(30)26-13-8-11(20(22,23)24)4-5-12(13)21/h4-8H,9,25H2,1-3H3,(H,26,30). The first kappa shape index (κ1) is 25.3. The number of rotatable bonds is 8. The van der Waals surface area contributed by atoms with E-state index >= 15 is 0 Å². The van der Waals surface area contributed by atoms with E-state index in [4.69, 9.17) is 31.7 Å². The Hall–Kier alpha value is -3.32. The number of benzene rings is 2. The first-order valence-corrected chi connectivity index (χ1v) is 10.8. The molecule has 0 unspecified atom stereocenters. The number of halogens is 4. The van der Waals surface area contributed by atoms with E-state index in [1.807, 2.05) is 0 Å². The predicted octanol–water partition coefficient (Wildman–Crippen LogP) is 4.09. The molecule has 0 aliphatic heterocycles. The van der Waals surface area contributed by atoms with E-state index in [-0.39, 0.29) is 27.4 Å². The zero-order valence-corrected chi connectivity index (χ0v) is 19.6. The molecule has 34 heavy (non-hydrogen) atoms. The second kappa shape index (κ2) is 10.3. The van der Waals surface area contributed by atoms with Crippen LogP contribution in [0.1, 0.15) is 5.56 Å². The van der Waals surface area contributed by atoms with Crippen LogP contribution in [0.3, 0.4) is 0 Å². The molecule has 14 heteroatoms. The molecule has 0 saturated heterocycles. The number of alkyl halides is 3. The molecule has 182 valence electrons. The molecular weight excluding hydrogens is 499 g/mol. The number of nitrogens with two attached hydrogens (primary N) is 1. The minimum atomic E-state index is -4.57. The average molecular weight is 518 g/mol. The zero-order chi connectivity index (χ0) is 25.0. The monoisotopic (exact) mass is 517 g/mol. The predicted molar refractivity (Wildman–Crippen MR) is 121 cm³/mol. The number of nitrogens with zero attached hydrogens (tertiary/aromatic N) is 3. The SMILES string of the molecule is COc1cc(-c2nnc(SCC(=O)Nc3cc(C(F)(F)F)ccc3Cl)n2N)cc(OC)c1OC. The van der Waals surface area contributed by atoms with Gasteiger partial charge in [0.15, 0.2) is 17.3 Å². The number of thioether (sulfide) groups is 1. The molecule has 1 amide bonds. The summed E-state index contributed by atoms with van der Waals surface area (Å²) in [5.41, 5.74) is -0.581. The van der Waals surface area contributed by atoms with Crippen molar-refractivity contribution in [2.75, 3.05) is 38.2 Å². The molecule has 1 aromatic heterocycles. The van der Waals surface area contributed by atoms with E-state index in [1.165, 1.54) is 21.3 Å². The molecule has 0 bridgehead atoms. The molecular formula is C20H19ClF3N5O4S. The lowest BCUT2D eigenvalue weighted by molar-refractivity contribution is -0.137. The summed E-state index contributed by atoms with van der Waals surface area (Å²) in [6.07, 6.45) is -4.57. The number of hydrogen-bond donors (Lipinski definition) is 2. The van der Waals surface area contributed by atoms with Crippen LogP contribution in [-0.2, 0) is 11.0 Å². The summed E-state index contributed by atoms with van der Waals surface area (Å²) in [7, 11) is 4.40. The van der Waals surface area contributed by atoms with Gasteiger partial charge in [0.25, 0.3) is 0 Å². The maximum Gasteiger partial charge on any atom is 0.416 e. The molecule has 1 heterocycles. The van der Waals surface area contributed by atoms with Crippen molar-refractivity contribution in [3.05, 3.63) is 40.9 Å². The summed E-state index contributed by atoms with van der Waals surface area (Å²) in [5, 5.41) is 10.5. The molecule has 2 aromatic carbocycles. The van der Waals surface area contributed by atoms with Gasteiger partial charge in [-0.1, -0.05) is 23.4 Å². The van der Waals surface area contributed by atoms with Gasteiger partial charge in [0, 0.05) is 5.56 Å². The van der Waals surface area contributed by atoms with Gasteiger partial charge in [-0.2, -0.15) is 13.2 Å². The van der Waals surface area contributed by atoms with Gasteiger partial charge in [0.05, 0.1) is 43.4 Å². The fourth-order valence-corrected chi connectivity index (χ4v) is 3.72. The van der Waals surface area contributed by atoms with Gasteiger partial charge in [-0.3, -0.25) is 4.79 Å². The quantitative estimate of drug-likeness (QED) is 0.339. The fourth-order valence-electron chi connectivity index (χ4n) is 2.90. The maximum absolute atomic E-state index is 12.9. The Labute approximate surface area is 201 Å². The maximum atomic E-state index is 12.9. The van der Waals surface area contributed by atoms with E-state index < -0.39 is 17.6 Å². The Morgan fingerprint density at radius 3 is 2.32 bits per heavy atom. The Balaban J connectivity index is 1.75. The van der Waals surface area contributed by atoms with Crippen molar-refractivity contribution < 1.29 is 32.2 Å². The highest BCUT2D eigenvalue weighted by atomic mass is 35.5. The Bertz CT molecular complexity index is 1180. The topological polar surface area (TPSA) is 114 Å².